The first-order valence-corrected chi connectivity index (χ1v) is 7.21. The van der Waals surface area contributed by atoms with E-state index in [1.165, 1.54) is 6.42 Å². The van der Waals surface area contributed by atoms with Gasteiger partial charge >= 0.3 is 0 Å². The molecule has 100 valence electrons. The van der Waals surface area contributed by atoms with Crippen molar-refractivity contribution in [2.24, 2.45) is 11.3 Å². The van der Waals surface area contributed by atoms with E-state index in [2.05, 4.69) is 46.6 Å². The van der Waals surface area contributed by atoms with Crippen LogP contribution in [-0.2, 0) is 6.61 Å². The maximum absolute atomic E-state index is 9.44. The Hall–Kier alpha value is -0.610. The zero-order chi connectivity index (χ0) is 13.3. The van der Waals surface area contributed by atoms with E-state index in [0.29, 0.717) is 11.3 Å². The van der Waals surface area contributed by atoms with Gasteiger partial charge in [0, 0.05) is 29.3 Å². The van der Waals surface area contributed by atoms with Crippen LogP contribution in [0, 0.1) is 11.3 Å². The number of aliphatic hydroxyl groups is 1. The van der Waals surface area contributed by atoms with Crippen LogP contribution in [-0.4, -0.2) is 23.2 Å². The predicted molar refractivity (Wildman–Crippen MR) is 77.6 cm³/mol. The molecule has 0 bridgehead atoms. The van der Waals surface area contributed by atoms with Gasteiger partial charge in [0.25, 0.3) is 0 Å². The van der Waals surface area contributed by atoms with E-state index < -0.39 is 0 Å². The number of aromatic nitrogens is 1. The van der Waals surface area contributed by atoms with Crippen LogP contribution in [0.3, 0.4) is 0 Å². The molecule has 2 heterocycles. The second kappa shape index (κ2) is 5.17. The number of halogens is 1. The van der Waals surface area contributed by atoms with Gasteiger partial charge in [-0.3, -0.25) is 0 Å². The van der Waals surface area contributed by atoms with Crippen molar-refractivity contribution in [3.63, 3.8) is 0 Å². The summed E-state index contributed by atoms with van der Waals surface area (Å²) >= 11 is 3.40. The molecule has 1 fully saturated rings. The van der Waals surface area contributed by atoms with Crippen molar-refractivity contribution >= 4 is 21.7 Å². The number of hydrogen-bond donors (Lipinski definition) is 1. The highest BCUT2D eigenvalue weighted by Crippen LogP contribution is 2.36. The third-order valence-electron chi connectivity index (χ3n) is 3.79. The number of anilines is 1. The molecule has 3 nitrogen and oxygen atoms in total. The van der Waals surface area contributed by atoms with E-state index in [1.807, 2.05) is 6.07 Å². The van der Waals surface area contributed by atoms with Crippen molar-refractivity contribution in [2.75, 3.05) is 18.0 Å². The Morgan fingerprint density at radius 1 is 1.50 bits per heavy atom. The Morgan fingerprint density at radius 3 is 2.78 bits per heavy atom. The molecule has 4 heteroatoms. The summed E-state index contributed by atoms with van der Waals surface area (Å²) in [6.45, 7) is 8.99. The van der Waals surface area contributed by atoms with Crippen molar-refractivity contribution in [1.82, 2.24) is 4.98 Å². The first kappa shape index (κ1) is 13.8. The molecular weight excluding hydrogens is 292 g/mol. The summed E-state index contributed by atoms with van der Waals surface area (Å²) in [5.74, 6) is 1.63. The lowest BCUT2D eigenvalue weighted by Crippen LogP contribution is -2.27. The molecule has 0 radical (unpaired) electrons. The van der Waals surface area contributed by atoms with Gasteiger partial charge in [-0.1, -0.05) is 20.8 Å². The molecule has 1 saturated heterocycles. The molecule has 0 aliphatic carbocycles. The minimum absolute atomic E-state index is 0.0401. The minimum Gasteiger partial charge on any atom is -0.392 e. The number of nitrogens with zero attached hydrogens (tertiary/aromatic N) is 2. The summed E-state index contributed by atoms with van der Waals surface area (Å²) < 4.78 is 0.918. The van der Waals surface area contributed by atoms with Gasteiger partial charge in [0.2, 0.25) is 0 Å². The lowest BCUT2D eigenvalue weighted by atomic mass is 9.80. The highest BCUT2D eigenvalue weighted by molar-refractivity contribution is 9.10. The van der Waals surface area contributed by atoms with E-state index >= 15 is 0 Å². The van der Waals surface area contributed by atoms with Crippen LogP contribution in [0.5, 0.6) is 0 Å². The Balaban J connectivity index is 2.19. The first-order chi connectivity index (χ1) is 8.41. The Labute approximate surface area is 117 Å². The van der Waals surface area contributed by atoms with Gasteiger partial charge in [0.05, 0.1) is 6.61 Å². The molecule has 1 aliphatic rings. The lowest BCUT2D eigenvalue weighted by Gasteiger charge is -2.27. The molecule has 1 N–H and O–H groups in total. The van der Waals surface area contributed by atoms with Gasteiger partial charge in [-0.05, 0) is 39.8 Å². The summed E-state index contributed by atoms with van der Waals surface area (Å²) in [6.07, 6.45) is 3.00. The van der Waals surface area contributed by atoms with E-state index in [-0.39, 0.29) is 6.61 Å². The fourth-order valence-electron chi connectivity index (χ4n) is 2.53. The lowest BCUT2D eigenvalue weighted by molar-refractivity contribution is 0.263. The van der Waals surface area contributed by atoms with E-state index in [4.69, 9.17) is 0 Å². The second-order valence-electron chi connectivity index (χ2n) is 6.09. The SMILES string of the molecule is CC(C)(C)C1CCN(c2ncc(Br)cc2CO)C1. The fraction of sp³-hybridized carbons (Fsp3) is 0.643. The molecule has 1 aromatic rings. The van der Waals surface area contributed by atoms with E-state index in [0.717, 1.165) is 28.9 Å². The van der Waals surface area contributed by atoms with Gasteiger partial charge in [-0.2, -0.15) is 0 Å². The molecular formula is C14H21BrN2O. The van der Waals surface area contributed by atoms with Crippen LogP contribution < -0.4 is 4.90 Å². The van der Waals surface area contributed by atoms with Crippen LogP contribution in [0.1, 0.15) is 32.8 Å². The largest absolute Gasteiger partial charge is 0.392 e. The molecule has 1 aliphatic heterocycles. The Bertz CT molecular complexity index is 428. The number of aliphatic hydroxyl groups excluding tert-OH is 1. The van der Waals surface area contributed by atoms with Crippen LogP contribution >= 0.6 is 15.9 Å². The molecule has 0 aromatic carbocycles. The summed E-state index contributed by atoms with van der Waals surface area (Å²) in [6, 6.07) is 1.95. The normalized spacial score (nSPS) is 20.5. The summed E-state index contributed by atoms with van der Waals surface area (Å²) in [7, 11) is 0. The molecule has 0 amide bonds. The third kappa shape index (κ3) is 2.86. The average Bonchev–Trinajstić information content (AvgIpc) is 2.77. The Kier molecular flexibility index (Phi) is 3.97. The van der Waals surface area contributed by atoms with E-state index in [9.17, 15) is 5.11 Å². The fourth-order valence-corrected chi connectivity index (χ4v) is 2.91. The predicted octanol–water partition coefficient (Wildman–Crippen LogP) is 3.21. The summed E-state index contributed by atoms with van der Waals surface area (Å²) in [5.41, 5.74) is 1.24. The topological polar surface area (TPSA) is 36.4 Å². The van der Waals surface area contributed by atoms with Crippen LogP contribution in [0.25, 0.3) is 0 Å². The molecule has 0 saturated carbocycles. The molecule has 0 spiro atoms. The summed E-state index contributed by atoms with van der Waals surface area (Å²) in [5, 5.41) is 9.44. The first-order valence-electron chi connectivity index (χ1n) is 6.42. The smallest absolute Gasteiger partial charge is 0.134 e. The standard InChI is InChI=1S/C14H21BrN2O/c1-14(2,3)11-4-5-17(8-11)13-10(9-18)6-12(15)7-16-13/h6-7,11,18H,4-5,8-9H2,1-3H3. The van der Waals surface area contributed by atoms with Crippen molar-refractivity contribution < 1.29 is 5.11 Å². The zero-order valence-corrected chi connectivity index (χ0v) is 12.9. The van der Waals surface area contributed by atoms with Crippen LogP contribution in [0.15, 0.2) is 16.7 Å². The average molecular weight is 313 g/mol. The summed E-state index contributed by atoms with van der Waals surface area (Å²) in [4.78, 5) is 6.77. The maximum Gasteiger partial charge on any atom is 0.134 e. The van der Waals surface area contributed by atoms with Gasteiger partial charge < -0.3 is 10.0 Å². The van der Waals surface area contributed by atoms with Crippen LogP contribution in [0.4, 0.5) is 5.82 Å². The molecule has 1 aromatic heterocycles. The van der Waals surface area contributed by atoms with Gasteiger partial charge in [0.15, 0.2) is 0 Å². The van der Waals surface area contributed by atoms with Crippen molar-refractivity contribution in [3.8, 4) is 0 Å². The monoisotopic (exact) mass is 312 g/mol. The van der Waals surface area contributed by atoms with Gasteiger partial charge in [-0.15, -0.1) is 0 Å². The molecule has 1 unspecified atom stereocenters. The highest BCUT2D eigenvalue weighted by atomic mass is 79.9. The van der Waals surface area contributed by atoms with Gasteiger partial charge in [0.1, 0.15) is 5.82 Å². The molecule has 1 atom stereocenters. The van der Waals surface area contributed by atoms with Crippen molar-refractivity contribution in [2.45, 2.75) is 33.8 Å². The minimum atomic E-state index is 0.0401. The maximum atomic E-state index is 9.44. The van der Waals surface area contributed by atoms with Crippen molar-refractivity contribution in [3.05, 3.63) is 22.3 Å². The zero-order valence-electron chi connectivity index (χ0n) is 11.3. The molecule has 18 heavy (non-hydrogen) atoms. The quantitative estimate of drug-likeness (QED) is 0.911. The Morgan fingerprint density at radius 2 is 2.22 bits per heavy atom. The number of rotatable bonds is 2. The second-order valence-corrected chi connectivity index (χ2v) is 7.01. The number of hydrogen-bond acceptors (Lipinski definition) is 3. The third-order valence-corrected chi connectivity index (χ3v) is 4.23. The van der Waals surface area contributed by atoms with E-state index in [1.54, 1.807) is 6.20 Å². The molecule has 2 rings (SSSR count). The highest BCUT2D eigenvalue weighted by Gasteiger charge is 2.32. The number of pyridine rings is 1. The van der Waals surface area contributed by atoms with Crippen molar-refractivity contribution in [1.29, 1.82) is 0 Å². The van der Waals surface area contributed by atoms with Gasteiger partial charge in [-0.25, -0.2) is 4.98 Å². The van der Waals surface area contributed by atoms with Crippen LogP contribution in [0.2, 0.25) is 0 Å².